The van der Waals surface area contributed by atoms with Gasteiger partial charge in [0.1, 0.15) is 5.75 Å². The molecule has 0 bridgehead atoms. The third-order valence-corrected chi connectivity index (χ3v) is 3.91. The summed E-state index contributed by atoms with van der Waals surface area (Å²) in [4.78, 5) is 18.5. The number of anilines is 1. The van der Waals surface area contributed by atoms with Crippen LogP contribution in [-0.2, 0) is 13.0 Å². The monoisotopic (exact) mass is 311 g/mol. The van der Waals surface area contributed by atoms with E-state index in [0.29, 0.717) is 13.1 Å². The highest BCUT2D eigenvalue weighted by molar-refractivity contribution is 5.89. The van der Waals surface area contributed by atoms with Crippen LogP contribution in [0.4, 0.5) is 10.5 Å². The molecule has 3 rings (SSSR count). The number of carbonyl (C=O) groups excluding carboxylic acids is 1. The number of fused-ring (bicyclic) bond motifs is 1. The van der Waals surface area contributed by atoms with Crippen molar-refractivity contribution in [3.63, 3.8) is 0 Å². The number of pyridine rings is 1. The molecule has 1 aliphatic rings. The SMILES string of the molecule is CCN(Cc1ccccn1)C(=O)Nc1ccc2c(c1)CCCO2. The summed E-state index contributed by atoms with van der Waals surface area (Å²) in [6.45, 7) is 3.85. The lowest BCUT2D eigenvalue weighted by Crippen LogP contribution is -2.34. The van der Waals surface area contributed by atoms with Crippen molar-refractivity contribution in [1.82, 2.24) is 9.88 Å². The molecule has 2 heterocycles. The summed E-state index contributed by atoms with van der Waals surface area (Å²) in [5.74, 6) is 0.926. The van der Waals surface area contributed by atoms with Crippen molar-refractivity contribution in [2.24, 2.45) is 0 Å². The fourth-order valence-corrected chi connectivity index (χ4v) is 2.66. The van der Waals surface area contributed by atoms with Crippen molar-refractivity contribution >= 4 is 11.7 Å². The summed E-state index contributed by atoms with van der Waals surface area (Å²) in [6.07, 6.45) is 3.75. The molecule has 0 fully saturated rings. The van der Waals surface area contributed by atoms with E-state index in [0.717, 1.165) is 42.1 Å². The lowest BCUT2D eigenvalue weighted by Gasteiger charge is -2.22. The van der Waals surface area contributed by atoms with Crippen molar-refractivity contribution in [2.75, 3.05) is 18.5 Å². The first kappa shape index (κ1) is 15.3. The van der Waals surface area contributed by atoms with Crippen LogP contribution < -0.4 is 10.1 Å². The van der Waals surface area contributed by atoms with E-state index in [1.807, 2.05) is 43.3 Å². The van der Waals surface area contributed by atoms with Crippen LogP contribution >= 0.6 is 0 Å². The maximum atomic E-state index is 12.5. The maximum absolute atomic E-state index is 12.5. The van der Waals surface area contributed by atoms with Gasteiger partial charge in [-0.2, -0.15) is 0 Å². The third kappa shape index (κ3) is 3.80. The van der Waals surface area contributed by atoms with E-state index in [2.05, 4.69) is 10.3 Å². The van der Waals surface area contributed by atoms with E-state index < -0.39 is 0 Å². The van der Waals surface area contributed by atoms with E-state index in [-0.39, 0.29) is 6.03 Å². The molecule has 23 heavy (non-hydrogen) atoms. The van der Waals surface area contributed by atoms with Gasteiger partial charge in [0.15, 0.2) is 0 Å². The number of benzene rings is 1. The zero-order valence-corrected chi connectivity index (χ0v) is 13.3. The van der Waals surface area contributed by atoms with Crippen molar-refractivity contribution in [3.05, 3.63) is 53.9 Å². The van der Waals surface area contributed by atoms with Gasteiger partial charge in [-0.25, -0.2) is 4.79 Å². The van der Waals surface area contributed by atoms with Gasteiger partial charge < -0.3 is 15.0 Å². The third-order valence-electron chi connectivity index (χ3n) is 3.91. The van der Waals surface area contributed by atoms with Crippen LogP contribution in [0.3, 0.4) is 0 Å². The molecule has 1 N–H and O–H groups in total. The quantitative estimate of drug-likeness (QED) is 0.941. The number of nitrogens with one attached hydrogen (secondary N) is 1. The first-order chi connectivity index (χ1) is 11.3. The number of ether oxygens (including phenoxy) is 1. The zero-order chi connectivity index (χ0) is 16.1. The predicted octanol–water partition coefficient (Wildman–Crippen LogP) is 3.46. The van der Waals surface area contributed by atoms with E-state index in [1.165, 1.54) is 0 Å². The van der Waals surface area contributed by atoms with Crippen LogP contribution in [0.1, 0.15) is 24.6 Å². The Labute approximate surface area is 136 Å². The number of amides is 2. The lowest BCUT2D eigenvalue weighted by molar-refractivity contribution is 0.211. The Morgan fingerprint density at radius 3 is 3.04 bits per heavy atom. The molecular formula is C18H21N3O2. The Balaban J connectivity index is 1.67. The Hall–Kier alpha value is -2.56. The highest BCUT2D eigenvalue weighted by Crippen LogP contribution is 2.27. The second kappa shape index (κ2) is 7.13. The number of rotatable bonds is 4. The van der Waals surface area contributed by atoms with Crippen LogP contribution in [0, 0.1) is 0 Å². The number of carbonyl (C=O) groups is 1. The number of urea groups is 1. The van der Waals surface area contributed by atoms with E-state index in [9.17, 15) is 4.79 Å². The van der Waals surface area contributed by atoms with E-state index in [1.54, 1.807) is 11.1 Å². The second-order valence-electron chi connectivity index (χ2n) is 5.54. The molecule has 1 aromatic carbocycles. The van der Waals surface area contributed by atoms with Crippen molar-refractivity contribution < 1.29 is 9.53 Å². The van der Waals surface area contributed by atoms with Gasteiger partial charge >= 0.3 is 6.03 Å². The minimum absolute atomic E-state index is 0.116. The predicted molar refractivity (Wildman–Crippen MR) is 89.6 cm³/mol. The molecule has 0 spiro atoms. The van der Waals surface area contributed by atoms with Gasteiger partial charge in [-0.15, -0.1) is 0 Å². The van der Waals surface area contributed by atoms with Crippen LogP contribution in [0.2, 0.25) is 0 Å². The standard InChI is InChI=1S/C18H21N3O2/c1-2-21(13-16-7-3-4-10-19-16)18(22)20-15-8-9-17-14(12-15)6-5-11-23-17/h3-4,7-10,12H,2,5-6,11,13H2,1H3,(H,20,22). The first-order valence-corrected chi connectivity index (χ1v) is 7.98. The summed E-state index contributed by atoms with van der Waals surface area (Å²) in [7, 11) is 0. The molecule has 2 aromatic rings. The average molecular weight is 311 g/mol. The van der Waals surface area contributed by atoms with Crippen LogP contribution in [0.5, 0.6) is 5.75 Å². The fraction of sp³-hybridized carbons (Fsp3) is 0.333. The van der Waals surface area contributed by atoms with Gasteiger partial charge in [0.05, 0.1) is 18.8 Å². The van der Waals surface area contributed by atoms with E-state index in [4.69, 9.17) is 4.74 Å². The molecule has 0 radical (unpaired) electrons. The number of aromatic nitrogens is 1. The van der Waals surface area contributed by atoms with Crippen molar-refractivity contribution in [1.29, 1.82) is 0 Å². The van der Waals surface area contributed by atoms with Gasteiger partial charge in [-0.1, -0.05) is 6.07 Å². The molecule has 0 saturated heterocycles. The Kier molecular flexibility index (Phi) is 4.76. The van der Waals surface area contributed by atoms with Crippen molar-refractivity contribution in [3.8, 4) is 5.75 Å². The molecule has 5 nitrogen and oxygen atoms in total. The van der Waals surface area contributed by atoms with Gasteiger partial charge in [-0.05, 0) is 55.7 Å². The summed E-state index contributed by atoms with van der Waals surface area (Å²) < 4.78 is 5.60. The maximum Gasteiger partial charge on any atom is 0.322 e. The van der Waals surface area contributed by atoms with Crippen LogP contribution in [0.25, 0.3) is 0 Å². The molecule has 0 saturated carbocycles. The highest BCUT2D eigenvalue weighted by Gasteiger charge is 2.15. The second-order valence-corrected chi connectivity index (χ2v) is 5.54. The lowest BCUT2D eigenvalue weighted by atomic mass is 10.1. The van der Waals surface area contributed by atoms with Crippen LogP contribution in [-0.4, -0.2) is 29.1 Å². The zero-order valence-electron chi connectivity index (χ0n) is 13.3. The Morgan fingerprint density at radius 1 is 1.35 bits per heavy atom. The number of hydrogen-bond donors (Lipinski definition) is 1. The van der Waals surface area contributed by atoms with Gasteiger partial charge in [-0.3, -0.25) is 4.98 Å². The van der Waals surface area contributed by atoms with Crippen molar-refractivity contribution in [2.45, 2.75) is 26.3 Å². The van der Waals surface area contributed by atoms with Gasteiger partial charge in [0.25, 0.3) is 0 Å². The molecule has 0 aliphatic carbocycles. The molecule has 1 aromatic heterocycles. The largest absolute Gasteiger partial charge is 0.493 e. The number of hydrogen-bond acceptors (Lipinski definition) is 3. The minimum Gasteiger partial charge on any atom is -0.493 e. The molecule has 5 heteroatoms. The molecule has 0 atom stereocenters. The fourth-order valence-electron chi connectivity index (χ4n) is 2.66. The summed E-state index contributed by atoms with van der Waals surface area (Å²) in [5.41, 5.74) is 2.84. The van der Waals surface area contributed by atoms with E-state index >= 15 is 0 Å². The topological polar surface area (TPSA) is 54.5 Å². The summed E-state index contributed by atoms with van der Waals surface area (Å²) in [6, 6.07) is 11.4. The van der Waals surface area contributed by atoms with Crippen LogP contribution in [0.15, 0.2) is 42.6 Å². The minimum atomic E-state index is -0.116. The summed E-state index contributed by atoms with van der Waals surface area (Å²) >= 11 is 0. The Morgan fingerprint density at radius 2 is 2.26 bits per heavy atom. The molecule has 2 amide bonds. The molecule has 1 aliphatic heterocycles. The smallest absolute Gasteiger partial charge is 0.322 e. The Bertz CT molecular complexity index is 673. The number of aryl methyl sites for hydroxylation is 1. The first-order valence-electron chi connectivity index (χ1n) is 7.98. The van der Waals surface area contributed by atoms with Gasteiger partial charge in [0.2, 0.25) is 0 Å². The average Bonchev–Trinajstić information content (AvgIpc) is 2.60. The van der Waals surface area contributed by atoms with Gasteiger partial charge in [0, 0.05) is 18.4 Å². The summed E-state index contributed by atoms with van der Waals surface area (Å²) in [5, 5.41) is 2.97. The molecule has 0 unspecified atom stereocenters. The number of nitrogens with zero attached hydrogens (tertiary/aromatic N) is 2. The normalized spacial score (nSPS) is 12.9. The highest BCUT2D eigenvalue weighted by atomic mass is 16.5. The molecule has 120 valence electrons. The molecular weight excluding hydrogens is 290 g/mol.